The van der Waals surface area contributed by atoms with Crippen LogP contribution >= 0.6 is 0 Å². The third-order valence-electron chi connectivity index (χ3n) is 5.93. The van der Waals surface area contributed by atoms with Crippen molar-refractivity contribution in [1.82, 2.24) is 4.98 Å². The van der Waals surface area contributed by atoms with Crippen LogP contribution in [-0.4, -0.2) is 35.9 Å². The molecule has 9 heteroatoms. The van der Waals surface area contributed by atoms with Gasteiger partial charge in [-0.2, -0.15) is 0 Å². The van der Waals surface area contributed by atoms with Crippen molar-refractivity contribution in [2.45, 2.75) is 65.2 Å². The van der Waals surface area contributed by atoms with Crippen molar-refractivity contribution < 1.29 is 23.9 Å². The number of hydrogen-bond donors (Lipinski definition) is 3. The second kappa shape index (κ2) is 14.1. The van der Waals surface area contributed by atoms with E-state index in [0.29, 0.717) is 48.3 Å². The highest BCUT2D eigenvalue weighted by molar-refractivity contribution is 5.97. The Morgan fingerprint density at radius 3 is 2.06 bits per heavy atom. The maximum Gasteiger partial charge on any atom is 0.227 e. The second-order valence-electron chi connectivity index (χ2n) is 8.70. The molecule has 36 heavy (non-hydrogen) atoms. The highest BCUT2D eigenvalue weighted by Crippen LogP contribution is 2.38. The van der Waals surface area contributed by atoms with Crippen molar-refractivity contribution in [1.29, 1.82) is 0 Å². The molecule has 1 aromatic carbocycles. The van der Waals surface area contributed by atoms with E-state index in [1.807, 2.05) is 13.8 Å². The van der Waals surface area contributed by atoms with Gasteiger partial charge < -0.3 is 25.4 Å². The van der Waals surface area contributed by atoms with Gasteiger partial charge in [-0.15, -0.1) is 0 Å². The van der Waals surface area contributed by atoms with Crippen LogP contribution in [0.15, 0.2) is 36.5 Å². The molecule has 3 amide bonds. The quantitative estimate of drug-likeness (QED) is 0.374. The summed E-state index contributed by atoms with van der Waals surface area (Å²) in [6, 6.07) is 8.64. The van der Waals surface area contributed by atoms with Crippen LogP contribution in [0.1, 0.15) is 65.2 Å². The Balaban J connectivity index is 1.62. The summed E-state index contributed by atoms with van der Waals surface area (Å²) in [5.41, 5.74) is 0.985. The normalized spacial score (nSPS) is 13.5. The molecule has 1 saturated carbocycles. The van der Waals surface area contributed by atoms with E-state index in [2.05, 4.69) is 20.9 Å². The Hall–Kier alpha value is -3.62. The molecule has 194 valence electrons. The Morgan fingerprint density at radius 1 is 0.861 bits per heavy atom. The largest absolute Gasteiger partial charge is 0.492 e. The van der Waals surface area contributed by atoms with Gasteiger partial charge in [0, 0.05) is 37.1 Å². The van der Waals surface area contributed by atoms with Gasteiger partial charge >= 0.3 is 0 Å². The predicted octanol–water partition coefficient (Wildman–Crippen LogP) is 5.15. The Morgan fingerprint density at radius 2 is 1.47 bits per heavy atom. The first kappa shape index (κ1) is 27.0. The molecule has 1 aliphatic carbocycles. The number of anilines is 3. The van der Waals surface area contributed by atoms with Gasteiger partial charge in [-0.25, -0.2) is 4.98 Å². The molecule has 1 aliphatic rings. The molecular weight excluding hydrogens is 460 g/mol. The fourth-order valence-electron chi connectivity index (χ4n) is 4.17. The summed E-state index contributed by atoms with van der Waals surface area (Å²) < 4.78 is 11.5. The molecule has 0 aliphatic heterocycles. The molecule has 3 N–H and O–H groups in total. The standard InChI is InChI=1S/C27H36N4O5/c1-3-35-22-18-21(30-27(34)19-11-6-5-7-12-19)23(36-4-2)17-20(22)29-25(32)14-10-15-26(33)31-24-13-8-9-16-28-24/h8-9,13,16-19H,3-7,10-12,14-15H2,1-2H3,(H,29,32)(H,30,34)(H,28,31,33). The highest BCUT2D eigenvalue weighted by atomic mass is 16.5. The van der Waals surface area contributed by atoms with Gasteiger partial charge in [-0.3, -0.25) is 14.4 Å². The Bertz CT molecular complexity index is 1020. The van der Waals surface area contributed by atoms with Crippen LogP contribution in [0.2, 0.25) is 0 Å². The molecule has 9 nitrogen and oxygen atoms in total. The number of benzene rings is 1. The smallest absolute Gasteiger partial charge is 0.227 e. The summed E-state index contributed by atoms with van der Waals surface area (Å²) in [4.78, 5) is 41.6. The van der Waals surface area contributed by atoms with Gasteiger partial charge in [0.25, 0.3) is 0 Å². The average molecular weight is 497 g/mol. The number of rotatable bonds is 12. The molecule has 1 heterocycles. The van der Waals surface area contributed by atoms with E-state index in [1.165, 1.54) is 6.42 Å². The minimum absolute atomic E-state index is 0.00183. The van der Waals surface area contributed by atoms with Crippen LogP contribution in [0.3, 0.4) is 0 Å². The third kappa shape index (κ3) is 8.25. The van der Waals surface area contributed by atoms with Crippen molar-refractivity contribution in [2.75, 3.05) is 29.2 Å². The number of nitrogens with one attached hydrogen (secondary N) is 3. The van der Waals surface area contributed by atoms with Crippen LogP contribution < -0.4 is 25.4 Å². The molecule has 0 bridgehead atoms. The number of hydrogen-bond acceptors (Lipinski definition) is 6. The van der Waals surface area contributed by atoms with E-state index in [9.17, 15) is 14.4 Å². The minimum atomic E-state index is -0.247. The molecule has 2 aromatic rings. The lowest BCUT2D eigenvalue weighted by molar-refractivity contribution is -0.121. The van der Waals surface area contributed by atoms with Gasteiger partial charge in [0.15, 0.2) is 0 Å². The number of carbonyl (C=O) groups is 3. The zero-order valence-corrected chi connectivity index (χ0v) is 21.1. The van der Waals surface area contributed by atoms with Crippen LogP contribution in [0.4, 0.5) is 17.2 Å². The molecular formula is C27H36N4O5. The molecule has 1 aromatic heterocycles. The monoisotopic (exact) mass is 496 g/mol. The minimum Gasteiger partial charge on any atom is -0.492 e. The number of nitrogens with zero attached hydrogens (tertiary/aromatic N) is 1. The molecule has 1 fully saturated rings. The first-order valence-corrected chi connectivity index (χ1v) is 12.7. The van der Waals surface area contributed by atoms with Crippen LogP contribution in [0.5, 0.6) is 11.5 Å². The number of carbonyl (C=O) groups excluding carboxylic acids is 3. The molecule has 0 spiro atoms. The second-order valence-corrected chi connectivity index (χ2v) is 8.70. The number of ether oxygens (including phenoxy) is 2. The van der Waals surface area contributed by atoms with E-state index < -0.39 is 0 Å². The van der Waals surface area contributed by atoms with E-state index in [-0.39, 0.29) is 36.5 Å². The zero-order valence-electron chi connectivity index (χ0n) is 21.1. The molecule has 0 radical (unpaired) electrons. The Kier molecular flexibility index (Phi) is 10.5. The van der Waals surface area contributed by atoms with Crippen molar-refractivity contribution in [3.05, 3.63) is 36.5 Å². The number of pyridine rings is 1. The number of aromatic nitrogens is 1. The van der Waals surface area contributed by atoms with Crippen LogP contribution in [0, 0.1) is 5.92 Å². The molecule has 0 unspecified atom stereocenters. The van der Waals surface area contributed by atoms with Crippen molar-refractivity contribution in [3.63, 3.8) is 0 Å². The fourth-order valence-corrected chi connectivity index (χ4v) is 4.17. The third-order valence-corrected chi connectivity index (χ3v) is 5.93. The lowest BCUT2D eigenvalue weighted by Crippen LogP contribution is -2.25. The van der Waals surface area contributed by atoms with Crippen LogP contribution in [-0.2, 0) is 14.4 Å². The first-order valence-electron chi connectivity index (χ1n) is 12.7. The average Bonchev–Trinajstić information content (AvgIpc) is 2.87. The summed E-state index contributed by atoms with van der Waals surface area (Å²) >= 11 is 0. The number of amides is 3. The first-order chi connectivity index (χ1) is 17.5. The van der Waals surface area contributed by atoms with E-state index in [4.69, 9.17) is 9.47 Å². The van der Waals surface area contributed by atoms with Gasteiger partial charge in [-0.05, 0) is 45.2 Å². The summed E-state index contributed by atoms with van der Waals surface area (Å²) in [5.74, 6) is 0.928. The van der Waals surface area contributed by atoms with Crippen molar-refractivity contribution in [2.24, 2.45) is 5.92 Å². The van der Waals surface area contributed by atoms with Gasteiger partial charge in [0.1, 0.15) is 17.3 Å². The van der Waals surface area contributed by atoms with Crippen molar-refractivity contribution >= 4 is 34.9 Å². The molecule has 0 atom stereocenters. The summed E-state index contributed by atoms with van der Waals surface area (Å²) in [7, 11) is 0. The van der Waals surface area contributed by atoms with Gasteiger partial charge in [-0.1, -0.05) is 25.3 Å². The molecule has 0 saturated heterocycles. The SMILES string of the molecule is CCOc1cc(NC(=O)C2CCCCC2)c(OCC)cc1NC(=O)CCCC(=O)Nc1ccccn1. The molecule has 3 rings (SSSR count). The highest BCUT2D eigenvalue weighted by Gasteiger charge is 2.23. The van der Waals surface area contributed by atoms with E-state index in [1.54, 1.807) is 36.5 Å². The van der Waals surface area contributed by atoms with Crippen molar-refractivity contribution in [3.8, 4) is 11.5 Å². The predicted molar refractivity (Wildman–Crippen MR) is 139 cm³/mol. The van der Waals surface area contributed by atoms with Crippen LogP contribution in [0.25, 0.3) is 0 Å². The van der Waals surface area contributed by atoms with E-state index >= 15 is 0 Å². The topological polar surface area (TPSA) is 119 Å². The maximum atomic E-state index is 12.8. The zero-order chi connectivity index (χ0) is 25.8. The summed E-state index contributed by atoms with van der Waals surface area (Å²) in [5, 5.41) is 8.57. The lowest BCUT2D eigenvalue weighted by Gasteiger charge is -2.22. The fraction of sp³-hybridized carbons (Fsp3) is 0.481. The maximum absolute atomic E-state index is 12.8. The van der Waals surface area contributed by atoms with E-state index in [0.717, 1.165) is 25.7 Å². The van der Waals surface area contributed by atoms with Gasteiger partial charge in [0.2, 0.25) is 17.7 Å². The summed E-state index contributed by atoms with van der Waals surface area (Å²) in [6.45, 7) is 4.50. The Labute approximate surface area is 212 Å². The lowest BCUT2D eigenvalue weighted by atomic mass is 9.88. The van der Waals surface area contributed by atoms with Gasteiger partial charge in [0.05, 0.1) is 24.6 Å². The summed E-state index contributed by atoms with van der Waals surface area (Å²) in [6.07, 6.45) is 7.41.